The van der Waals surface area contributed by atoms with Gasteiger partial charge >= 0.3 is 5.97 Å². The molecule has 0 bridgehead atoms. The standard InChI is InChI=1S/C12H17NO2S/c1-9-4-5-12(7-9,11(14)15)13-8-10-3-2-6-16-10/h2-3,6,9,13H,4-5,7-8H2,1H3,(H,14,15). The van der Waals surface area contributed by atoms with Crippen LogP contribution in [0.3, 0.4) is 0 Å². The van der Waals surface area contributed by atoms with Gasteiger partial charge in [-0.1, -0.05) is 13.0 Å². The summed E-state index contributed by atoms with van der Waals surface area (Å²) in [5.41, 5.74) is -0.691. The van der Waals surface area contributed by atoms with Crippen molar-refractivity contribution < 1.29 is 9.90 Å². The molecule has 1 saturated carbocycles. The molecule has 0 amide bonds. The first kappa shape index (κ1) is 11.6. The average Bonchev–Trinajstić information content (AvgIpc) is 2.84. The zero-order valence-electron chi connectivity index (χ0n) is 9.40. The van der Waals surface area contributed by atoms with Crippen LogP contribution in [0, 0.1) is 5.92 Å². The molecule has 2 rings (SSSR count). The summed E-state index contributed by atoms with van der Waals surface area (Å²) < 4.78 is 0. The van der Waals surface area contributed by atoms with Crippen LogP contribution in [-0.2, 0) is 11.3 Å². The van der Waals surface area contributed by atoms with Crippen molar-refractivity contribution in [3.05, 3.63) is 22.4 Å². The fourth-order valence-electron chi connectivity index (χ4n) is 2.39. The number of nitrogens with one attached hydrogen (secondary N) is 1. The smallest absolute Gasteiger partial charge is 0.323 e. The highest BCUT2D eigenvalue weighted by Crippen LogP contribution is 2.34. The van der Waals surface area contributed by atoms with Crippen LogP contribution in [0.25, 0.3) is 0 Å². The number of carboxylic acid groups (broad SMARTS) is 1. The summed E-state index contributed by atoms with van der Waals surface area (Å²) in [7, 11) is 0. The Morgan fingerprint density at radius 2 is 2.56 bits per heavy atom. The lowest BCUT2D eigenvalue weighted by Crippen LogP contribution is -2.49. The van der Waals surface area contributed by atoms with E-state index in [1.807, 2.05) is 17.5 Å². The van der Waals surface area contributed by atoms with Gasteiger partial charge in [-0.2, -0.15) is 0 Å². The summed E-state index contributed by atoms with van der Waals surface area (Å²) in [5.74, 6) is -0.194. The molecule has 0 aliphatic heterocycles. The number of carboxylic acids is 1. The lowest BCUT2D eigenvalue weighted by molar-refractivity contribution is -0.144. The van der Waals surface area contributed by atoms with Crippen LogP contribution >= 0.6 is 11.3 Å². The number of rotatable bonds is 4. The highest BCUT2D eigenvalue weighted by atomic mass is 32.1. The Balaban J connectivity index is 2.01. The number of carbonyl (C=O) groups is 1. The summed E-state index contributed by atoms with van der Waals surface area (Å²) in [4.78, 5) is 12.6. The summed E-state index contributed by atoms with van der Waals surface area (Å²) in [6.07, 6.45) is 2.49. The predicted molar refractivity (Wildman–Crippen MR) is 64.5 cm³/mol. The molecule has 2 unspecified atom stereocenters. The van der Waals surface area contributed by atoms with E-state index in [1.54, 1.807) is 11.3 Å². The molecule has 0 radical (unpaired) electrons. The first-order chi connectivity index (χ1) is 7.62. The second-order valence-electron chi connectivity index (χ2n) is 4.67. The van der Waals surface area contributed by atoms with E-state index in [9.17, 15) is 9.90 Å². The number of aliphatic carboxylic acids is 1. The Hall–Kier alpha value is -0.870. The topological polar surface area (TPSA) is 49.3 Å². The molecule has 3 nitrogen and oxygen atoms in total. The zero-order valence-corrected chi connectivity index (χ0v) is 10.2. The predicted octanol–water partition coefficient (Wildman–Crippen LogP) is 2.48. The van der Waals surface area contributed by atoms with Gasteiger partial charge in [0, 0.05) is 11.4 Å². The van der Waals surface area contributed by atoms with Gasteiger partial charge in [-0.25, -0.2) is 0 Å². The Bertz CT molecular complexity index is 363. The third-order valence-electron chi connectivity index (χ3n) is 3.35. The van der Waals surface area contributed by atoms with Crippen LogP contribution in [-0.4, -0.2) is 16.6 Å². The molecule has 0 aromatic carbocycles. The van der Waals surface area contributed by atoms with Crippen molar-refractivity contribution >= 4 is 17.3 Å². The van der Waals surface area contributed by atoms with Crippen molar-refractivity contribution in [3.63, 3.8) is 0 Å². The molecule has 1 heterocycles. The van der Waals surface area contributed by atoms with Gasteiger partial charge in [-0.3, -0.25) is 10.1 Å². The highest BCUT2D eigenvalue weighted by Gasteiger charge is 2.43. The van der Waals surface area contributed by atoms with Gasteiger partial charge in [0.1, 0.15) is 5.54 Å². The summed E-state index contributed by atoms with van der Waals surface area (Å²) >= 11 is 1.66. The van der Waals surface area contributed by atoms with Gasteiger partial charge in [0.05, 0.1) is 0 Å². The maximum atomic E-state index is 11.4. The molecule has 1 aliphatic carbocycles. The van der Waals surface area contributed by atoms with E-state index >= 15 is 0 Å². The molecule has 1 aromatic rings. The number of hydrogen-bond acceptors (Lipinski definition) is 3. The van der Waals surface area contributed by atoms with Gasteiger partial charge in [0.15, 0.2) is 0 Å². The Labute approximate surface area is 99.5 Å². The van der Waals surface area contributed by atoms with Crippen molar-refractivity contribution in [3.8, 4) is 0 Å². The van der Waals surface area contributed by atoms with Crippen molar-refractivity contribution in [2.45, 2.75) is 38.3 Å². The molecule has 1 aliphatic rings. The fourth-order valence-corrected chi connectivity index (χ4v) is 3.04. The maximum absolute atomic E-state index is 11.4. The summed E-state index contributed by atoms with van der Waals surface area (Å²) in [6.45, 7) is 2.79. The summed E-state index contributed by atoms with van der Waals surface area (Å²) in [5, 5.41) is 14.6. The molecule has 0 saturated heterocycles. The molecule has 16 heavy (non-hydrogen) atoms. The van der Waals surface area contributed by atoms with E-state index in [2.05, 4.69) is 12.2 Å². The Kier molecular flexibility index (Phi) is 3.30. The molecule has 2 N–H and O–H groups in total. The number of hydrogen-bond donors (Lipinski definition) is 2. The molecule has 88 valence electrons. The molecule has 4 heteroatoms. The van der Waals surface area contributed by atoms with Gasteiger partial charge in [-0.05, 0) is 36.6 Å². The second-order valence-corrected chi connectivity index (χ2v) is 5.70. The third-order valence-corrected chi connectivity index (χ3v) is 4.23. The van der Waals surface area contributed by atoms with E-state index in [0.29, 0.717) is 12.5 Å². The minimum absolute atomic E-state index is 0.506. The van der Waals surface area contributed by atoms with Crippen molar-refractivity contribution in [1.29, 1.82) is 0 Å². The average molecular weight is 239 g/mol. The maximum Gasteiger partial charge on any atom is 0.323 e. The first-order valence-corrected chi connectivity index (χ1v) is 6.51. The molecular weight excluding hydrogens is 222 g/mol. The Morgan fingerprint density at radius 3 is 3.06 bits per heavy atom. The van der Waals surface area contributed by atoms with E-state index in [-0.39, 0.29) is 0 Å². The second kappa shape index (κ2) is 4.55. The minimum atomic E-state index is -0.701. The van der Waals surface area contributed by atoms with Crippen molar-refractivity contribution in [2.75, 3.05) is 0 Å². The van der Waals surface area contributed by atoms with Gasteiger partial charge in [0.25, 0.3) is 0 Å². The lowest BCUT2D eigenvalue weighted by atomic mass is 9.96. The molecular formula is C12H17NO2S. The third kappa shape index (κ3) is 2.28. The molecule has 0 spiro atoms. The zero-order chi connectivity index (χ0) is 11.6. The largest absolute Gasteiger partial charge is 0.480 e. The van der Waals surface area contributed by atoms with Crippen LogP contribution in [0.1, 0.15) is 31.1 Å². The van der Waals surface area contributed by atoms with Crippen molar-refractivity contribution in [2.24, 2.45) is 5.92 Å². The van der Waals surface area contributed by atoms with Crippen LogP contribution in [0.2, 0.25) is 0 Å². The van der Waals surface area contributed by atoms with Crippen LogP contribution < -0.4 is 5.32 Å². The molecule has 2 atom stereocenters. The summed E-state index contributed by atoms with van der Waals surface area (Å²) in [6, 6.07) is 4.03. The van der Waals surface area contributed by atoms with Crippen molar-refractivity contribution in [1.82, 2.24) is 5.32 Å². The van der Waals surface area contributed by atoms with Crippen LogP contribution in [0.15, 0.2) is 17.5 Å². The van der Waals surface area contributed by atoms with E-state index in [1.165, 1.54) is 4.88 Å². The normalized spacial score (nSPS) is 29.4. The fraction of sp³-hybridized carbons (Fsp3) is 0.583. The first-order valence-electron chi connectivity index (χ1n) is 5.63. The van der Waals surface area contributed by atoms with Crippen LogP contribution in [0.4, 0.5) is 0 Å². The number of thiophene rings is 1. The quantitative estimate of drug-likeness (QED) is 0.848. The highest BCUT2D eigenvalue weighted by molar-refractivity contribution is 7.09. The molecule has 1 aromatic heterocycles. The SMILES string of the molecule is CC1CCC(NCc2cccs2)(C(=O)O)C1. The van der Waals surface area contributed by atoms with Crippen LogP contribution in [0.5, 0.6) is 0 Å². The van der Waals surface area contributed by atoms with Gasteiger partial charge < -0.3 is 5.11 Å². The van der Waals surface area contributed by atoms with Gasteiger partial charge in [-0.15, -0.1) is 11.3 Å². The van der Waals surface area contributed by atoms with E-state index < -0.39 is 11.5 Å². The molecule has 1 fully saturated rings. The van der Waals surface area contributed by atoms with E-state index in [4.69, 9.17) is 0 Å². The Morgan fingerprint density at radius 1 is 1.75 bits per heavy atom. The van der Waals surface area contributed by atoms with E-state index in [0.717, 1.165) is 19.3 Å². The minimum Gasteiger partial charge on any atom is -0.480 e. The monoisotopic (exact) mass is 239 g/mol. The van der Waals surface area contributed by atoms with Gasteiger partial charge in [0.2, 0.25) is 0 Å². The lowest BCUT2D eigenvalue weighted by Gasteiger charge is -2.25.